The molecule has 1 aromatic carbocycles. The number of ether oxygens (including phenoxy) is 1. The largest absolute Gasteiger partial charge is 0.465 e. The van der Waals surface area contributed by atoms with E-state index >= 15 is 0 Å². The summed E-state index contributed by atoms with van der Waals surface area (Å²) in [5, 5.41) is 0. The molecule has 2 unspecified atom stereocenters. The molecule has 0 saturated carbocycles. The number of carbonyl (C=O) groups is 1. The van der Waals surface area contributed by atoms with Gasteiger partial charge in [-0.1, -0.05) is 42.1 Å². The van der Waals surface area contributed by atoms with Crippen molar-refractivity contribution in [3.63, 3.8) is 0 Å². The first-order valence-electron chi connectivity index (χ1n) is 5.51. The maximum absolute atomic E-state index is 12.2. The second-order valence-electron chi connectivity index (χ2n) is 3.47. The minimum absolute atomic E-state index is 0.303. The molecule has 0 spiro atoms. The summed E-state index contributed by atoms with van der Waals surface area (Å²) >= 11 is 6.98. The van der Waals surface area contributed by atoms with E-state index in [0.717, 1.165) is 5.56 Å². The molecular weight excluding hydrogens is 287 g/mol. The Morgan fingerprint density at radius 1 is 1.44 bits per heavy atom. The van der Waals surface area contributed by atoms with Crippen molar-refractivity contribution in [3.8, 4) is 0 Å². The summed E-state index contributed by atoms with van der Waals surface area (Å²) in [5.41, 5.74) is -1.97. The predicted octanol–water partition coefficient (Wildman–Crippen LogP) is 3.61. The van der Waals surface area contributed by atoms with Crippen LogP contribution in [0.15, 0.2) is 30.3 Å². The topological polar surface area (TPSA) is 35.5 Å². The van der Waals surface area contributed by atoms with E-state index < -0.39 is 11.1 Å². The average molecular weight is 304 g/mol. The molecule has 0 fully saturated rings. The van der Waals surface area contributed by atoms with Crippen molar-refractivity contribution in [1.82, 2.24) is 0 Å². The SMILES string of the molecule is CCOC(=O)C(c1ccccc1)P(=S)(OC)SC. The van der Waals surface area contributed by atoms with Gasteiger partial charge in [0.2, 0.25) is 0 Å². The highest BCUT2D eigenvalue weighted by Crippen LogP contribution is 2.68. The zero-order valence-corrected chi connectivity index (χ0v) is 13.2. The average Bonchev–Trinajstić information content (AvgIpc) is 2.40. The molecule has 1 aromatic rings. The molecule has 0 heterocycles. The van der Waals surface area contributed by atoms with Gasteiger partial charge < -0.3 is 9.26 Å². The highest BCUT2D eigenvalue weighted by molar-refractivity contribution is 8.69. The third kappa shape index (κ3) is 3.58. The smallest absolute Gasteiger partial charge is 0.321 e. The predicted molar refractivity (Wildman–Crippen MR) is 80.6 cm³/mol. The van der Waals surface area contributed by atoms with Crippen LogP contribution in [-0.2, 0) is 25.9 Å². The van der Waals surface area contributed by atoms with Gasteiger partial charge in [0.05, 0.1) is 6.61 Å². The fourth-order valence-corrected chi connectivity index (χ4v) is 5.36. The van der Waals surface area contributed by atoms with Gasteiger partial charge in [0.1, 0.15) is 11.1 Å². The van der Waals surface area contributed by atoms with Gasteiger partial charge in [-0.05, 0) is 18.7 Å². The van der Waals surface area contributed by atoms with Crippen LogP contribution in [0.5, 0.6) is 0 Å². The summed E-state index contributed by atoms with van der Waals surface area (Å²) in [6, 6.07) is 9.45. The van der Waals surface area contributed by atoms with E-state index in [9.17, 15) is 4.79 Å². The van der Waals surface area contributed by atoms with Crippen LogP contribution in [0.1, 0.15) is 18.1 Å². The van der Waals surface area contributed by atoms with Crippen molar-refractivity contribution in [2.24, 2.45) is 0 Å². The zero-order chi connectivity index (χ0) is 13.6. The molecule has 18 heavy (non-hydrogen) atoms. The van der Waals surface area contributed by atoms with E-state index in [1.54, 1.807) is 14.0 Å². The first-order valence-corrected chi connectivity index (χ1v) is 10.1. The summed E-state index contributed by atoms with van der Waals surface area (Å²) in [5.74, 6) is -0.303. The third-order valence-corrected chi connectivity index (χ3v) is 9.64. The highest BCUT2D eigenvalue weighted by Gasteiger charge is 2.36. The van der Waals surface area contributed by atoms with Gasteiger partial charge in [-0.2, -0.15) is 0 Å². The number of esters is 1. The van der Waals surface area contributed by atoms with Crippen molar-refractivity contribution in [2.45, 2.75) is 12.6 Å². The molecule has 2 atom stereocenters. The molecule has 100 valence electrons. The van der Waals surface area contributed by atoms with Gasteiger partial charge in [0, 0.05) is 7.11 Å². The molecule has 0 aliphatic heterocycles. The summed E-state index contributed by atoms with van der Waals surface area (Å²) in [4.78, 5) is 12.2. The van der Waals surface area contributed by atoms with Gasteiger partial charge in [-0.25, -0.2) is 0 Å². The lowest BCUT2D eigenvalue weighted by Gasteiger charge is -2.26. The molecule has 6 heteroatoms. The number of hydrogen-bond acceptors (Lipinski definition) is 5. The molecule has 0 N–H and O–H groups in total. The van der Waals surface area contributed by atoms with Crippen LogP contribution >= 0.6 is 16.8 Å². The van der Waals surface area contributed by atoms with Crippen LogP contribution in [0.25, 0.3) is 0 Å². The minimum atomic E-state index is -2.32. The standard InChI is InChI=1S/C12H17O3PS2/c1-4-15-12(13)11(16(17,14-2)18-3)10-8-6-5-7-9-10/h5-9,11H,4H2,1-3H3. The maximum Gasteiger partial charge on any atom is 0.321 e. The van der Waals surface area contributed by atoms with E-state index in [-0.39, 0.29) is 5.97 Å². The lowest BCUT2D eigenvalue weighted by molar-refractivity contribution is -0.142. The Labute approximate surface area is 117 Å². The van der Waals surface area contributed by atoms with Gasteiger partial charge >= 0.3 is 5.97 Å². The van der Waals surface area contributed by atoms with Gasteiger partial charge in [0.15, 0.2) is 0 Å². The lowest BCUT2D eigenvalue weighted by Crippen LogP contribution is -2.16. The Hall–Kier alpha value is -0.350. The second-order valence-corrected chi connectivity index (χ2v) is 10.8. The maximum atomic E-state index is 12.2. The number of carbonyl (C=O) groups excluding carboxylic acids is 1. The fraction of sp³-hybridized carbons (Fsp3) is 0.417. The van der Waals surface area contributed by atoms with E-state index in [0.29, 0.717) is 6.61 Å². The Balaban J connectivity index is 3.19. The summed E-state index contributed by atoms with van der Waals surface area (Å²) < 4.78 is 10.6. The minimum Gasteiger partial charge on any atom is -0.465 e. The second kappa shape index (κ2) is 7.29. The zero-order valence-electron chi connectivity index (χ0n) is 10.7. The van der Waals surface area contributed by atoms with E-state index in [4.69, 9.17) is 21.1 Å². The fourth-order valence-electron chi connectivity index (χ4n) is 1.59. The molecule has 3 nitrogen and oxygen atoms in total. The Morgan fingerprint density at radius 3 is 2.50 bits per heavy atom. The van der Waals surface area contributed by atoms with Crippen molar-refractivity contribution in [3.05, 3.63) is 35.9 Å². The molecule has 0 aliphatic carbocycles. The van der Waals surface area contributed by atoms with Crippen molar-refractivity contribution < 1.29 is 14.1 Å². The van der Waals surface area contributed by atoms with Crippen molar-refractivity contribution in [2.75, 3.05) is 20.0 Å². The van der Waals surface area contributed by atoms with Crippen LogP contribution in [-0.4, -0.2) is 25.9 Å². The first kappa shape index (κ1) is 15.7. The normalized spacial score (nSPS) is 15.7. The van der Waals surface area contributed by atoms with Gasteiger partial charge in [-0.3, -0.25) is 4.79 Å². The first-order chi connectivity index (χ1) is 8.59. The van der Waals surface area contributed by atoms with Crippen molar-refractivity contribution >= 4 is 34.6 Å². The van der Waals surface area contributed by atoms with Crippen LogP contribution in [0.4, 0.5) is 0 Å². The Bertz CT molecular complexity index is 428. The Morgan fingerprint density at radius 2 is 2.06 bits per heavy atom. The summed E-state index contributed by atoms with van der Waals surface area (Å²) in [6.07, 6.45) is 1.87. The van der Waals surface area contributed by atoms with Crippen LogP contribution in [0.3, 0.4) is 0 Å². The van der Waals surface area contributed by atoms with Crippen molar-refractivity contribution in [1.29, 1.82) is 0 Å². The van der Waals surface area contributed by atoms with E-state index in [2.05, 4.69) is 0 Å². The number of hydrogen-bond donors (Lipinski definition) is 0. The van der Waals surface area contributed by atoms with Crippen LogP contribution in [0.2, 0.25) is 0 Å². The molecule has 0 aromatic heterocycles. The molecule has 1 rings (SSSR count). The summed E-state index contributed by atoms with van der Waals surface area (Å²) in [7, 11) is 1.56. The van der Waals surface area contributed by atoms with E-state index in [1.165, 1.54) is 11.4 Å². The number of rotatable bonds is 6. The molecule has 0 bridgehead atoms. The number of benzene rings is 1. The lowest BCUT2D eigenvalue weighted by atomic mass is 10.1. The molecule has 0 amide bonds. The molecule has 0 aliphatic rings. The third-order valence-electron chi connectivity index (χ3n) is 2.45. The van der Waals surface area contributed by atoms with E-state index in [1.807, 2.05) is 36.6 Å². The van der Waals surface area contributed by atoms with Gasteiger partial charge in [0.25, 0.3) is 0 Å². The molecule has 0 saturated heterocycles. The molecular formula is C12H17O3PS2. The van der Waals surface area contributed by atoms with Crippen LogP contribution < -0.4 is 0 Å². The summed E-state index contributed by atoms with van der Waals surface area (Å²) in [6.45, 7) is 2.13. The molecule has 0 radical (unpaired) electrons. The monoisotopic (exact) mass is 304 g/mol. The van der Waals surface area contributed by atoms with Crippen LogP contribution in [0, 0.1) is 0 Å². The Kier molecular flexibility index (Phi) is 6.36. The van der Waals surface area contributed by atoms with Gasteiger partial charge in [-0.15, -0.1) is 11.4 Å². The highest BCUT2D eigenvalue weighted by atomic mass is 32.9. The quantitative estimate of drug-likeness (QED) is 0.592.